The third-order valence-corrected chi connectivity index (χ3v) is 3.55. The molecule has 0 bridgehead atoms. The largest absolute Gasteiger partial charge is 0.342 e. The van der Waals surface area contributed by atoms with Gasteiger partial charge in [-0.15, -0.1) is 0 Å². The Morgan fingerprint density at radius 3 is 2.36 bits per heavy atom. The van der Waals surface area contributed by atoms with E-state index >= 15 is 0 Å². The molecule has 2 rings (SSSR count). The topological polar surface area (TPSA) is 20.3 Å². The van der Waals surface area contributed by atoms with E-state index in [9.17, 15) is 4.79 Å². The Bertz CT molecular complexity index is 202. The van der Waals surface area contributed by atoms with Crippen LogP contribution in [0.4, 0.5) is 0 Å². The average molecular weight is 195 g/mol. The van der Waals surface area contributed by atoms with Gasteiger partial charge in [-0.2, -0.15) is 0 Å². The standard InChI is InChI=1S/C12H21NO/c1-2-3-10-6-8-13(9-7-10)12(14)11-4-5-11/h10-11H,2-9H2,1H3. The second-order valence-electron chi connectivity index (χ2n) is 4.83. The molecule has 1 amide bonds. The second-order valence-corrected chi connectivity index (χ2v) is 4.83. The van der Waals surface area contributed by atoms with Crippen LogP contribution in [0.5, 0.6) is 0 Å². The first-order valence-corrected chi connectivity index (χ1v) is 6.10. The van der Waals surface area contributed by atoms with Crippen molar-refractivity contribution in [2.24, 2.45) is 11.8 Å². The Morgan fingerprint density at radius 1 is 1.21 bits per heavy atom. The molecule has 1 saturated heterocycles. The van der Waals surface area contributed by atoms with E-state index in [1.807, 2.05) is 0 Å². The Morgan fingerprint density at radius 2 is 1.86 bits per heavy atom. The Kier molecular flexibility index (Phi) is 3.09. The van der Waals surface area contributed by atoms with Gasteiger partial charge in [-0.25, -0.2) is 0 Å². The molecule has 0 aromatic carbocycles. The highest BCUT2D eigenvalue weighted by atomic mass is 16.2. The number of piperidine rings is 1. The fourth-order valence-corrected chi connectivity index (χ4v) is 2.44. The molecular formula is C12H21NO. The quantitative estimate of drug-likeness (QED) is 0.677. The van der Waals surface area contributed by atoms with Crippen LogP contribution in [-0.2, 0) is 4.79 Å². The summed E-state index contributed by atoms with van der Waals surface area (Å²) in [7, 11) is 0. The van der Waals surface area contributed by atoms with Crippen LogP contribution in [0.2, 0.25) is 0 Å². The molecule has 2 heteroatoms. The van der Waals surface area contributed by atoms with E-state index in [2.05, 4.69) is 11.8 Å². The monoisotopic (exact) mass is 195 g/mol. The number of hydrogen-bond donors (Lipinski definition) is 0. The summed E-state index contributed by atoms with van der Waals surface area (Å²) in [6, 6.07) is 0. The molecule has 1 saturated carbocycles. The van der Waals surface area contributed by atoms with Gasteiger partial charge in [-0.1, -0.05) is 19.8 Å². The predicted octanol–water partition coefficient (Wildman–Crippen LogP) is 2.44. The summed E-state index contributed by atoms with van der Waals surface area (Å²) >= 11 is 0. The van der Waals surface area contributed by atoms with Crippen molar-refractivity contribution in [1.29, 1.82) is 0 Å². The maximum atomic E-state index is 11.8. The lowest BCUT2D eigenvalue weighted by Gasteiger charge is -2.32. The van der Waals surface area contributed by atoms with Gasteiger partial charge >= 0.3 is 0 Å². The van der Waals surface area contributed by atoms with Crippen molar-refractivity contribution in [1.82, 2.24) is 4.90 Å². The third kappa shape index (κ3) is 2.28. The molecule has 80 valence electrons. The van der Waals surface area contributed by atoms with Crippen molar-refractivity contribution in [3.63, 3.8) is 0 Å². The van der Waals surface area contributed by atoms with E-state index in [1.165, 1.54) is 25.7 Å². The van der Waals surface area contributed by atoms with Gasteiger partial charge in [0.1, 0.15) is 0 Å². The summed E-state index contributed by atoms with van der Waals surface area (Å²) in [5.74, 6) is 1.75. The van der Waals surface area contributed by atoms with Gasteiger partial charge in [-0.05, 0) is 31.6 Å². The van der Waals surface area contributed by atoms with E-state index in [0.29, 0.717) is 11.8 Å². The molecular weight excluding hydrogens is 174 g/mol. The van der Waals surface area contributed by atoms with Gasteiger partial charge in [0, 0.05) is 19.0 Å². The van der Waals surface area contributed by atoms with Crippen LogP contribution in [0.1, 0.15) is 45.4 Å². The molecule has 1 aliphatic heterocycles. The van der Waals surface area contributed by atoms with E-state index in [0.717, 1.165) is 31.8 Å². The van der Waals surface area contributed by atoms with Gasteiger partial charge in [0.05, 0.1) is 0 Å². The highest BCUT2D eigenvalue weighted by molar-refractivity contribution is 5.81. The highest BCUT2D eigenvalue weighted by Crippen LogP contribution is 2.32. The Hall–Kier alpha value is -0.530. The molecule has 2 fully saturated rings. The SMILES string of the molecule is CCCC1CCN(C(=O)C2CC2)CC1. The van der Waals surface area contributed by atoms with Crippen LogP contribution in [0.15, 0.2) is 0 Å². The predicted molar refractivity (Wildman–Crippen MR) is 56.9 cm³/mol. The molecule has 2 aliphatic rings. The molecule has 14 heavy (non-hydrogen) atoms. The maximum Gasteiger partial charge on any atom is 0.225 e. The van der Waals surface area contributed by atoms with Crippen molar-refractivity contribution in [2.75, 3.05) is 13.1 Å². The zero-order valence-corrected chi connectivity index (χ0v) is 9.17. The summed E-state index contributed by atoms with van der Waals surface area (Å²) in [5, 5.41) is 0. The fraction of sp³-hybridized carbons (Fsp3) is 0.917. The van der Waals surface area contributed by atoms with E-state index in [4.69, 9.17) is 0 Å². The van der Waals surface area contributed by atoms with Crippen LogP contribution in [0, 0.1) is 11.8 Å². The van der Waals surface area contributed by atoms with Crippen molar-refractivity contribution < 1.29 is 4.79 Å². The zero-order valence-electron chi connectivity index (χ0n) is 9.17. The van der Waals surface area contributed by atoms with Crippen molar-refractivity contribution in [3.05, 3.63) is 0 Å². The summed E-state index contributed by atoms with van der Waals surface area (Å²) in [4.78, 5) is 13.9. The van der Waals surface area contributed by atoms with Gasteiger partial charge in [0.2, 0.25) is 5.91 Å². The van der Waals surface area contributed by atoms with Crippen LogP contribution >= 0.6 is 0 Å². The van der Waals surface area contributed by atoms with Crippen LogP contribution in [0.3, 0.4) is 0 Å². The van der Waals surface area contributed by atoms with Crippen molar-refractivity contribution in [3.8, 4) is 0 Å². The number of amides is 1. The van der Waals surface area contributed by atoms with E-state index in [-0.39, 0.29) is 0 Å². The number of carbonyl (C=O) groups is 1. The van der Waals surface area contributed by atoms with E-state index in [1.54, 1.807) is 0 Å². The minimum atomic E-state index is 0.415. The van der Waals surface area contributed by atoms with Crippen molar-refractivity contribution >= 4 is 5.91 Å². The first-order valence-electron chi connectivity index (χ1n) is 6.10. The molecule has 0 aromatic heterocycles. The Labute approximate surface area is 86.7 Å². The molecule has 1 heterocycles. The fourth-order valence-electron chi connectivity index (χ4n) is 2.44. The van der Waals surface area contributed by atoms with Gasteiger partial charge in [-0.3, -0.25) is 4.79 Å². The molecule has 0 spiro atoms. The summed E-state index contributed by atoms with van der Waals surface area (Å²) in [6.07, 6.45) is 7.42. The van der Waals surface area contributed by atoms with Crippen LogP contribution < -0.4 is 0 Å². The molecule has 0 radical (unpaired) electrons. The van der Waals surface area contributed by atoms with Gasteiger partial charge < -0.3 is 4.90 Å². The second kappa shape index (κ2) is 4.33. The summed E-state index contributed by atoms with van der Waals surface area (Å²) in [5.41, 5.74) is 0. The summed E-state index contributed by atoms with van der Waals surface area (Å²) < 4.78 is 0. The number of nitrogens with zero attached hydrogens (tertiary/aromatic N) is 1. The highest BCUT2D eigenvalue weighted by Gasteiger charge is 2.34. The van der Waals surface area contributed by atoms with Crippen LogP contribution in [0.25, 0.3) is 0 Å². The maximum absolute atomic E-state index is 11.8. The number of likely N-dealkylation sites (tertiary alicyclic amines) is 1. The van der Waals surface area contributed by atoms with Crippen molar-refractivity contribution in [2.45, 2.75) is 45.4 Å². The van der Waals surface area contributed by atoms with Gasteiger partial charge in [0.25, 0.3) is 0 Å². The lowest BCUT2D eigenvalue weighted by molar-refractivity contribution is -0.133. The molecule has 0 atom stereocenters. The number of rotatable bonds is 3. The van der Waals surface area contributed by atoms with Gasteiger partial charge in [0.15, 0.2) is 0 Å². The molecule has 0 N–H and O–H groups in total. The minimum absolute atomic E-state index is 0.415. The molecule has 1 aliphatic carbocycles. The number of hydrogen-bond acceptors (Lipinski definition) is 1. The van der Waals surface area contributed by atoms with Crippen LogP contribution in [-0.4, -0.2) is 23.9 Å². The first-order chi connectivity index (χ1) is 6.81. The third-order valence-electron chi connectivity index (χ3n) is 3.55. The lowest BCUT2D eigenvalue weighted by atomic mass is 9.92. The Balaban J connectivity index is 1.74. The van der Waals surface area contributed by atoms with E-state index < -0.39 is 0 Å². The molecule has 2 nitrogen and oxygen atoms in total. The summed E-state index contributed by atoms with van der Waals surface area (Å²) in [6.45, 7) is 4.31. The average Bonchev–Trinajstić information content (AvgIpc) is 3.02. The first kappa shape index (κ1) is 10.0. The normalized spacial score (nSPS) is 23.9. The minimum Gasteiger partial charge on any atom is -0.342 e. The zero-order chi connectivity index (χ0) is 9.97. The lowest BCUT2D eigenvalue weighted by Crippen LogP contribution is -2.39. The smallest absolute Gasteiger partial charge is 0.225 e. The molecule has 0 unspecified atom stereocenters. The number of carbonyl (C=O) groups excluding carboxylic acids is 1. The molecule has 0 aromatic rings.